The number of methoxy groups -OCH3 is 1. The van der Waals surface area contributed by atoms with Gasteiger partial charge < -0.3 is 15.0 Å². The molecule has 0 saturated heterocycles. The largest absolute Gasteiger partial charge is 0.497 e. The van der Waals surface area contributed by atoms with Crippen LogP contribution in [0.25, 0.3) is 0 Å². The summed E-state index contributed by atoms with van der Waals surface area (Å²) in [4.78, 5) is 29.1. The third-order valence-corrected chi connectivity index (χ3v) is 8.75. The van der Waals surface area contributed by atoms with Crippen LogP contribution in [-0.2, 0) is 32.6 Å². The number of aryl methyl sites for hydroxylation is 1. The van der Waals surface area contributed by atoms with E-state index in [2.05, 4.69) is 5.32 Å². The summed E-state index contributed by atoms with van der Waals surface area (Å²) in [7, 11) is -1.10. The predicted molar refractivity (Wildman–Crippen MR) is 164 cm³/mol. The van der Waals surface area contributed by atoms with Crippen molar-refractivity contribution in [3.63, 3.8) is 0 Å². The van der Waals surface area contributed by atoms with Crippen LogP contribution in [0.5, 0.6) is 5.75 Å². The Balaban J connectivity index is 1.77. The van der Waals surface area contributed by atoms with Crippen molar-refractivity contribution < 1.29 is 22.7 Å². The number of carbonyl (C=O) groups excluding carboxylic acids is 2. The zero-order chi connectivity index (χ0) is 30.1. The molecule has 0 aliphatic rings. The summed E-state index contributed by atoms with van der Waals surface area (Å²) in [5.41, 5.74) is 3.04. The molecule has 42 heavy (non-hydrogen) atoms. The lowest BCUT2D eigenvalue weighted by molar-refractivity contribution is -0.139. The lowest BCUT2D eigenvalue weighted by Crippen LogP contribution is -2.53. The van der Waals surface area contributed by atoms with Gasteiger partial charge in [-0.2, -0.15) is 0 Å². The second kappa shape index (κ2) is 13.8. The molecule has 9 heteroatoms. The van der Waals surface area contributed by atoms with Gasteiger partial charge in [0, 0.05) is 20.0 Å². The van der Waals surface area contributed by atoms with Crippen molar-refractivity contribution in [3.8, 4) is 5.75 Å². The second-order valence-corrected chi connectivity index (χ2v) is 11.7. The highest BCUT2D eigenvalue weighted by Gasteiger charge is 2.34. The Hall–Kier alpha value is -4.63. The number of amides is 2. The number of carbonyl (C=O) groups is 2. The van der Waals surface area contributed by atoms with Crippen LogP contribution in [0.1, 0.15) is 16.7 Å². The summed E-state index contributed by atoms with van der Waals surface area (Å²) in [5, 5.41) is 2.69. The average Bonchev–Trinajstić information content (AvgIpc) is 3.03. The zero-order valence-corrected chi connectivity index (χ0v) is 24.8. The Kier molecular flexibility index (Phi) is 9.98. The molecule has 0 aliphatic carbocycles. The number of nitrogens with one attached hydrogen (secondary N) is 1. The number of nitrogens with zero attached hydrogens (tertiary/aromatic N) is 2. The third-order valence-electron chi connectivity index (χ3n) is 6.96. The van der Waals surface area contributed by atoms with E-state index in [1.165, 1.54) is 31.2 Å². The van der Waals surface area contributed by atoms with E-state index >= 15 is 0 Å². The van der Waals surface area contributed by atoms with Crippen molar-refractivity contribution in [2.45, 2.75) is 30.8 Å². The number of sulfonamides is 1. The number of likely N-dealkylation sites (N-methyl/N-ethyl adjacent to an activating group) is 1. The number of hydrogen-bond acceptors (Lipinski definition) is 5. The molecule has 2 amide bonds. The second-order valence-electron chi connectivity index (χ2n) is 9.85. The Morgan fingerprint density at radius 1 is 0.810 bits per heavy atom. The molecule has 0 heterocycles. The molecule has 0 radical (unpaired) electrons. The SMILES string of the molecule is CNC(=O)C(Cc1ccccc1)N(Cc1ccc(C)cc1)C(=O)CN(c1ccc(OC)cc1)S(=O)(=O)c1ccccc1. The van der Waals surface area contributed by atoms with Crippen molar-refractivity contribution in [1.29, 1.82) is 0 Å². The molecule has 4 aromatic rings. The first-order valence-corrected chi connectivity index (χ1v) is 15.0. The van der Waals surface area contributed by atoms with Gasteiger partial charge in [0.05, 0.1) is 17.7 Å². The molecule has 1 unspecified atom stereocenters. The highest BCUT2D eigenvalue weighted by molar-refractivity contribution is 7.92. The maximum atomic E-state index is 14.3. The molecular formula is C33H35N3O5S. The van der Waals surface area contributed by atoms with E-state index in [1.54, 1.807) is 42.5 Å². The van der Waals surface area contributed by atoms with Crippen LogP contribution in [-0.4, -0.2) is 51.9 Å². The number of rotatable bonds is 12. The molecule has 0 spiro atoms. The Labute approximate surface area is 247 Å². The van der Waals surface area contributed by atoms with E-state index in [-0.39, 0.29) is 23.8 Å². The van der Waals surface area contributed by atoms with Gasteiger partial charge in [0.25, 0.3) is 10.0 Å². The molecule has 0 aliphatic heterocycles. The van der Waals surface area contributed by atoms with Gasteiger partial charge in [0.15, 0.2) is 0 Å². The van der Waals surface area contributed by atoms with Gasteiger partial charge in [-0.25, -0.2) is 8.42 Å². The maximum absolute atomic E-state index is 14.3. The fourth-order valence-electron chi connectivity index (χ4n) is 4.61. The van der Waals surface area contributed by atoms with E-state index in [0.29, 0.717) is 11.4 Å². The standard InChI is InChI=1S/C33H35N3O5S/c1-25-14-16-27(17-15-25)23-35(31(33(38)34-2)22-26-10-6-4-7-11-26)32(37)24-36(28-18-20-29(41-3)21-19-28)42(39,40)30-12-8-5-9-13-30/h4-21,31H,22-24H2,1-3H3,(H,34,38). The van der Waals surface area contributed by atoms with Gasteiger partial charge in [-0.05, 0) is 54.4 Å². The van der Waals surface area contributed by atoms with E-state index in [1.807, 2.05) is 61.5 Å². The van der Waals surface area contributed by atoms with Crippen LogP contribution in [0.3, 0.4) is 0 Å². The van der Waals surface area contributed by atoms with Gasteiger partial charge >= 0.3 is 0 Å². The first-order chi connectivity index (χ1) is 20.2. The molecule has 1 N–H and O–H groups in total. The molecular weight excluding hydrogens is 550 g/mol. The van der Waals surface area contributed by atoms with Crippen LogP contribution in [0.2, 0.25) is 0 Å². The normalized spacial score (nSPS) is 11.8. The number of ether oxygens (including phenoxy) is 1. The van der Waals surface area contributed by atoms with Crippen molar-refractivity contribution in [3.05, 3.63) is 126 Å². The van der Waals surface area contributed by atoms with Crippen molar-refractivity contribution in [1.82, 2.24) is 10.2 Å². The average molecular weight is 586 g/mol. The highest BCUT2D eigenvalue weighted by Crippen LogP contribution is 2.27. The smallest absolute Gasteiger partial charge is 0.264 e. The Morgan fingerprint density at radius 3 is 1.98 bits per heavy atom. The van der Waals surface area contributed by atoms with Crippen molar-refractivity contribution in [2.75, 3.05) is 25.0 Å². The third kappa shape index (κ3) is 7.36. The summed E-state index contributed by atoms with van der Waals surface area (Å²) in [6.07, 6.45) is 0.256. The lowest BCUT2D eigenvalue weighted by Gasteiger charge is -2.33. The highest BCUT2D eigenvalue weighted by atomic mass is 32.2. The minimum Gasteiger partial charge on any atom is -0.497 e. The number of hydrogen-bond donors (Lipinski definition) is 1. The molecule has 8 nitrogen and oxygen atoms in total. The van der Waals surface area contributed by atoms with Crippen LogP contribution >= 0.6 is 0 Å². The fourth-order valence-corrected chi connectivity index (χ4v) is 6.04. The van der Waals surface area contributed by atoms with Gasteiger partial charge in [-0.1, -0.05) is 78.4 Å². The summed E-state index contributed by atoms with van der Waals surface area (Å²) >= 11 is 0. The Morgan fingerprint density at radius 2 is 1.40 bits per heavy atom. The first kappa shape index (κ1) is 30.3. The lowest BCUT2D eigenvalue weighted by atomic mass is 10.0. The topological polar surface area (TPSA) is 96.0 Å². The molecule has 4 rings (SSSR count). The zero-order valence-electron chi connectivity index (χ0n) is 23.9. The summed E-state index contributed by atoms with van der Waals surface area (Å²) in [6.45, 7) is 1.57. The maximum Gasteiger partial charge on any atom is 0.264 e. The minimum atomic E-state index is -4.15. The Bertz CT molecular complexity index is 1580. The quantitative estimate of drug-likeness (QED) is 0.263. The molecule has 4 aromatic carbocycles. The van der Waals surface area contributed by atoms with E-state index in [0.717, 1.165) is 21.0 Å². The predicted octanol–water partition coefficient (Wildman–Crippen LogP) is 4.59. The van der Waals surface area contributed by atoms with Crippen molar-refractivity contribution >= 4 is 27.5 Å². The van der Waals surface area contributed by atoms with E-state index < -0.39 is 28.5 Å². The molecule has 0 fully saturated rings. The van der Waals surface area contributed by atoms with E-state index in [4.69, 9.17) is 4.74 Å². The summed E-state index contributed by atoms with van der Waals surface area (Å²) in [5.74, 6) is -0.317. The van der Waals surface area contributed by atoms with Crippen molar-refractivity contribution in [2.24, 2.45) is 0 Å². The van der Waals surface area contributed by atoms with Gasteiger partial charge in [0.2, 0.25) is 11.8 Å². The van der Waals surface area contributed by atoms with Gasteiger partial charge in [-0.3, -0.25) is 13.9 Å². The molecule has 0 aromatic heterocycles. The fraction of sp³-hybridized carbons (Fsp3) is 0.212. The first-order valence-electron chi connectivity index (χ1n) is 13.6. The number of anilines is 1. The van der Waals surface area contributed by atoms with Crippen LogP contribution < -0.4 is 14.4 Å². The monoisotopic (exact) mass is 585 g/mol. The molecule has 1 atom stereocenters. The molecule has 218 valence electrons. The van der Waals surface area contributed by atoms with Crippen LogP contribution in [0, 0.1) is 6.92 Å². The molecule has 0 saturated carbocycles. The van der Waals surface area contributed by atoms with Crippen LogP contribution in [0.15, 0.2) is 114 Å². The van der Waals surface area contributed by atoms with Gasteiger partial charge in [-0.15, -0.1) is 0 Å². The number of benzene rings is 4. The molecule has 0 bridgehead atoms. The summed E-state index contributed by atoms with van der Waals surface area (Å²) < 4.78 is 34.2. The van der Waals surface area contributed by atoms with Crippen LogP contribution in [0.4, 0.5) is 5.69 Å². The summed E-state index contributed by atoms with van der Waals surface area (Å²) in [6, 6.07) is 30.7. The van der Waals surface area contributed by atoms with E-state index in [9.17, 15) is 18.0 Å². The minimum absolute atomic E-state index is 0.0471. The van der Waals surface area contributed by atoms with Gasteiger partial charge in [0.1, 0.15) is 18.3 Å².